The molecule has 2 rings (SSSR count). The molecule has 0 radical (unpaired) electrons. The summed E-state index contributed by atoms with van der Waals surface area (Å²) in [6, 6.07) is 17.8. The summed E-state index contributed by atoms with van der Waals surface area (Å²) in [5.74, 6) is 0.0626. The van der Waals surface area contributed by atoms with Crippen LogP contribution in [0, 0.1) is 0 Å². The van der Waals surface area contributed by atoms with E-state index in [1.165, 1.54) is 0 Å². The average molecular weight is 275 g/mol. The summed E-state index contributed by atoms with van der Waals surface area (Å²) in [5.41, 5.74) is 6.98. The van der Waals surface area contributed by atoms with E-state index < -0.39 is 9.84 Å². The minimum Gasteiger partial charge on any atom is -0.324 e. The summed E-state index contributed by atoms with van der Waals surface area (Å²) in [4.78, 5) is 0.357. The Kier molecular flexibility index (Phi) is 4.35. The van der Waals surface area contributed by atoms with Gasteiger partial charge in [-0.05, 0) is 24.1 Å². The van der Waals surface area contributed by atoms with Crippen LogP contribution >= 0.6 is 0 Å². The highest BCUT2D eigenvalue weighted by molar-refractivity contribution is 7.91. The number of nitrogens with two attached hydrogens (primary N) is 1. The van der Waals surface area contributed by atoms with Gasteiger partial charge in [0.25, 0.3) is 0 Å². The molecule has 1 atom stereocenters. The Bertz CT molecular complexity index is 609. The number of rotatable bonds is 5. The molecule has 2 N–H and O–H groups in total. The quantitative estimate of drug-likeness (QED) is 0.912. The monoisotopic (exact) mass is 275 g/mol. The molecule has 19 heavy (non-hydrogen) atoms. The van der Waals surface area contributed by atoms with E-state index in [0.717, 1.165) is 5.56 Å². The van der Waals surface area contributed by atoms with Crippen molar-refractivity contribution >= 4 is 9.84 Å². The van der Waals surface area contributed by atoms with Crippen LogP contribution in [0.25, 0.3) is 0 Å². The van der Waals surface area contributed by atoms with Crippen LogP contribution in [0.1, 0.15) is 18.0 Å². The van der Waals surface area contributed by atoms with Crippen molar-refractivity contribution < 1.29 is 8.42 Å². The first kappa shape index (κ1) is 13.8. The van der Waals surface area contributed by atoms with Crippen molar-refractivity contribution in [2.75, 3.05) is 5.75 Å². The molecule has 0 spiro atoms. The number of sulfone groups is 1. The van der Waals surface area contributed by atoms with Crippen LogP contribution < -0.4 is 5.73 Å². The molecular formula is C15H17NO2S. The Morgan fingerprint density at radius 3 is 2.00 bits per heavy atom. The lowest BCUT2D eigenvalue weighted by Gasteiger charge is -2.12. The van der Waals surface area contributed by atoms with Crippen molar-refractivity contribution in [3.05, 3.63) is 66.2 Å². The second-order valence-electron chi connectivity index (χ2n) is 4.44. The smallest absolute Gasteiger partial charge is 0.178 e. The van der Waals surface area contributed by atoms with E-state index in [2.05, 4.69) is 0 Å². The van der Waals surface area contributed by atoms with E-state index in [-0.39, 0.29) is 11.8 Å². The Labute approximate surface area is 114 Å². The minimum atomic E-state index is -3.24. The zero-order valence-corrected chi connectivity index (χ0v) is 11.4. The van der Waals surface area contributed by atoms with Crippen LogP contribution in [0.5, 0.6) is 0 Å². The Morgan fingerprint density at radius 1 is 0.895 bits per heavy atom. The first-order valence-electron chi connectivity index (χ1n) is 6.18. The third-order valence-electron chi connectivity index (χ3n) is 3.03. The third kappa shape index (κ3) is 3.66. The number of benzene rings is 2. The summed E-state index contributed by atoms with van der Waals surface area (Å²) < 4.78 is 24.2. The lowest BCUT2D eigenvalue weighted by atomic mass is 10.1. The molecule has 0 saturated carbocycles. The molecule has 3 nitrogen and oxygen atoms in total. The SMILES string of the molecule is N[C@@H](CCS(=O)(=O)c1ccccc1)c1ccccc1. The Balaban J connectivity index is 2.03. The molecule has 2 aromatic rings. The van der Waals surface area contributed by atoms with E-state index in [9.17, 15) is 8.42 Å². The Morgan fingerprint density at radius 2 is 1.42 bits per heavy atom. The van der Waals surface area contributed by atoms with Gasteiger partial charge in [0.1, 0.15) is 0 Å². The van der Waals surface area contributed by atoms with Gasteiger partial charge in [-0.15, -0.1) is 0 Å². The highest BCUT2D eigenvalue weighted by Crippen LogP contribution is 2.17. The summed E-state index contributed by atoms with van der Waals surface area (Å²) in [5, 5.41) is 0. The highest BCUT2D eigenvalue weighted by Gasteiger charge is 2.16. The summed E-state index contributed by atoms with van der Waals surface area (Å²) in [7, 11) is -3.24. The van der Waals surface area contributed by atoms with Crippen molar-refractivity contribution in [2.45, 2.75) is 17.4 Å². The van der Waals surface area contributed by atoms with Crippen molar-refractivity contribution in [1.29, 1.82) is 0 Å². The largest absolute Gasteiger partial charge is 0.324 e. The molecule has 0 heterocycles. The van der Waals surface area contributed by atoms with E-state index in [1.807, 2.05) is 30.3 Å². The maximum atomic E-state index is 12.1. The van der Waals surface area contributed by atoms with Crippen LogP contribution in [0.15, 0.2) is 65.6 Å². The van der Waals surface area contributed by atoms with Gasteiger partial charge in [-0.3, -0.25) is 0 Å². The predicted octanol–water partition coefficient (Wildman–Crippen LogP) is 2.55. The molecule has 0 amide bonds. The standard InChI is InChI=1S/C15H17NO2S/c16-15(13-7-3-1-4-8-13)11-12-19(17,18)14-9-5-2-6-10-14/h1-10,15H,11-12,16H2/t15-/m0/s1. The number of hydrogen-bond acceptors (Lipinski definition) is 3. The predicted molar refractivity (Wildman–Crippen MR) is 76.5 cm³/mol. The molecule has 0 aliphatic rings. The third-order valence-corrected chi connectivity index (χ3v) is 4.79. The maximum Gasteiger partial charge on any atom is 0.178 e. The summed E-state index contributed by atoms with van der Waals surface area (Å²) in [6.07, 6.45) is 0.418. The second kappa shape index (κ2) is 5.99. The Hall–Kier alpha value is -1.65. The van der Waals surface area contributed by atoms with Gasteiger partial charge in [0.15, 0.2) is 9.84 Å². The molecule has 100 valence electrons. The molecule has 0 aromatic heterocycles. The molecule has 0 saturated heterocycles. The summed E-state index contributed by atoms with van der Waals surface area (Å²) >= 11 is 0. The van der Waals surface area contributed by atoms with Crippen molar-refractivity contribution in [2.24, 2.45) is 5.73 Å². The maximum absolute atomic E-state index is 12.1. The van der Waals surface area contributed by atoms with Crippen LogP contribution in [0.3, 0.4) is 0 Å². The fraction of sp³-hybridized carbons (Fsp3) is 0.200. The van der Waals surface area contributed by atoms with Crippen molar-refractivity contribution in [3.63, 3.8) is 0 Å². The first-order valence-corrected chi connectivity index (χ1v) is 7.83. The van der Waals surface area contributed by atoms with Crippen molar-refractivity contribution in [3.8, 4) is 0 Å². The molecule has 4 heteroatoms. The van der Waals surface area contributed by atoms with E-state index >= 15 is 0 Å². The van der Waals surface area contributed by atoms with Gasteiger partial charge < -0.3 is 5.73 Å². The molecule has 0 unspecified atom stereocenters. The second-order valence-corrected chi connectivity index (χ2v) is 6.55. The van der Waals surface area contributed by atoms with Gasteiger partial charge in [-0.2, -0.15) is 0 Å². The topological polar surface area (TPSA) is 60.2 Å². The normalized spacial score (nSPS) is 13.1. The molecule has 2 aromatic carbocycles. The average Bonchev–Trinajstić information content (AvgIpc) is 2.47. The zero-order valence-electron chi connectivity index (χ0n) is 10.6. The van der Waals surface area contributed by atoms with Crippen LogP contribution in [-0.2, 0) is 9.84 Å². The van der Waals surface area contributed by atoms with Gasteiger partial charge in [-0.25, -0.2) is 8.42 Å². The van der Waals surface area contributed by atoms with Gasteiger partial charge in [0, 0.05) is 6.04 Å². The lowest BCUT2D eigenvalue weighted by molar-refractivity contribution is 0.586. The molecule has 0 aliphatic heterocycles. The minimum absolute atomic E-state index is 0.0626. The van der Waals surface area contributed by atoms with Crippen LogP contribution in [0.2, 0.25) is 0 Å². The fourth-order valence-electron chi connectivity index (χ4n) is 1.89. The van der Waals surface area contributed by atoms with E-state index in [1.54, 1.807) is 30.3 Å². The molecule has 0 bridgehead atoms. The van der Waals surface area contributed by atoms with Gasteiger partial charge in [0.2, 0.25) is 0 Å². The molecule has 0 aliphatic carbocycles. The summed E-state index contributed by atoms with van der Waals surface area (Å²) in [6.45, 7) is 0. The number of hydrogen-bond donors (Lipinski definition) is 1. The fourth-order valence-corrected chi connectivity index (χ4v) is 3.27. The first-order chi connectivity index (χ1) is 9.09. The zero-order chi connectivity index (χ0) is 13.7. The lowest BCUT2D eigenvalue weighted by Crippen LogP contribution is -2.16. The van der Waals surface area contributed by atoms with Gasteiger partial charge in [-0.1, -0.05) is 48.5 Å². The highest BCUT2D eigenvalue weighted by atomic mass is 32.2. The van der Waals surface area contributed by atoms with Gasteiger partial charge >= 0.3 is 0 Å². The van der Waals surface area contributed by atoms with E-state index in [4.69, 9.17) is 5.73 Å². The van der Waals surface area contributed by atoms with E-state index in [0.29, 0.717) is 11.3 Å². The van der Waals surface area contributed by atoms with Crippen molar-refractivity contribution in [1.82, 2.24) is 0 Å². The van der Waals surface area contributed by atoms with Crippen LogP contribution in [0.4, 0.5) is 0 Å². The van der Waals surface area contributed by atoms with Gasteiger partial charge in [0.05, 0.1) is 10.6 Å². The molecule has 0 fully saturated rings. The van der Waals surface area contributed by atoms with Crippen LogP contribution in [-0.4, -0.2) is 14.2 Å². The molecular weight excluding hydrogens is 258 g/mol.